The molecule has 10 heteroatoms. The number of carbonyl (C=O) groups is 1. The van der Waals surface area contributed by atoms with Crippen LogP contribution in [0, 0.1) is 18.7 Å². The number of halogens is 2. The molecule has 1 amide bonds. The molecule has 1 fully saturated rings. The summed E-state index contributed by atoms with van der Waals surface area (Å²) in [6, 6.07) is 5.97. The molecule has 1 aliphatic heterocycles. The summed E-state index contributed by atoms with van der Waals surface area (Å²) in [5.74, 6) is 1.00. The van der Waals surface area contributed by atoms with Gasteiger partial charge in [0.25, 0.3) is 5.91 Å². The first kappa shape index (κ1) is 26.3. The molecule has 1 unspecified atom stereocenters. The van der Waals surface area contributed by atoms with Gasteiger partial charge in [-0.3, -0.25) is 4.79 Å². The zero-order valence-corrected chi connectivity index (χ0v) is 20.9. The largest absolute Gasteiger partial charge is 0.463 e. The van der Waals surface area contributed by atoms with Crippen molar-refractivity contribution in [3.05, 3.63) is 65.8 Å². The van der Waals surface area contributed by atoms with E-state index < -0.39 is 11.6 Å². The molecular formula is C25H32ClFN6O2. The van der Waals surface area contributed by atoms with Crippen molar-refractivity contribution in [2.45, 2.75) is 44.4 Å². The molecule has 4 N–H and O–H groups in total. The molecule has 2 heterocycles. The van der Waals surface area contributed by atoms with Gasteiger partial charge in [0.2, 0.25) is 11.7 Å². The molecule has 8 nitrogen and oxygen atoms in total. The number of nitrogens with two attached hydrogens (primary N) is 1. The Balaban J connectivity index is 0.00000342. The van der Waals surface area contributed by atoms with Crippen LogP contribution in [0.1, 0.15) is 31.2 Å². The molecule has 188 valence electrons. The van der Waals surface area contributed by atoms with E-state index in [-0.39, 0.29) is 30.2 Å². The molecule has 0 spiro atoms. The van der Waals surface area contributed by atoms with Crippen LogP contribution in [-0.4, -0.2) is 41.7 Å². The minimum Gasteiger partial charge on any atom is -0.463 e. The van der Waals surface area contributed by atoms with E-state index in [1.54, 1.807) is 30.5 Å². The summed E-state index contributed by atoms with van der Waals surface area (Å²) in [4.78, 5) is 23.4. The Morgan fingerprint density at radius 1 is 1.23 bits per heavy atom. The predicted octanol–water partition coefficient (Wildman–Crippen LogP) is 3.69. The van der Waals surface area contributed by atoms with E-state index in [4.69, 9.17) is 10.5 Å². The topological polar surface area (TPSA) is 105 Å². The molecule has 2 aromatic rings. The SMILES string of the molecule is Cc1cnc(NC2CCC(C3(Oc4ccc(F)cc4)NC=CC=C3C(N)=O)CC2)nc1N(C)C.Cl. The van der Waals surface area contributed by atoms with Gasteiger partial charge < -0.3 is 26.0 Å². The summed E-state index contributed by atoms with van der Waals surface area (Å²) in [5.41, 5.74) is 6.00. The number of ether oxygens (including phenoxy) is 1. The van der Waals surface area contributed by atoms with E-state index >= 15 is 0 Å². The second-order valence-electron chi connectivity index (χ2n) is 9.03. The summed E-state index contributed by atoms with van der Waals surface area (Å²) in [5, 5.41) is 6.73. The Hall–Kier alpha value is -3.33. The number of primary amides is 1. The third-order valence-electron chi connectivity index (χ3n) is 6.42. The zero-order chi connectivity index (χ0) is 24.3. The van der Waals surface area contributed by atoms with Gasteiger partial charge in [0.05, 0.1) is 5.57 Å². The van der Waals surface area contributed by atoms with E-state index in [0.717, 1.165) is 37.1 Å². The van der Waals surface area contributed by atoms with Crippen molar-refractivity contribution in [3.63, 3.8) is 0 Å². The lowest BCUT2D eigenvalue weighted by atomic mass is 9.75. The number of dihydropyridines is 1. The summed E-state index contributed by atoms with van der Waals surface area (Å²) in [6.07, 6.45) is 10.2. The highest BCUT2D eigenvalue weighted by atomic mass is 35.5. The van der Waals surface area contributed by atoms with Gasteiger partial charge in [-0.15, -0.1) is 12.4 Å². The van der Waals surface area contributed by atoms with Crippen LogP contribution in [-0.2, 0) is 4.79 Å². The molecule has 4 rings (SSSR count). The number of hydrogen-bond donors (Lipinski definition) is 3. The fourth-order valence-electron chi connectivity index (χ4n) is 4.76. The van der Waals surface area contributed by atoms with E-state index in [1.807, 2.05) is 32.1 Å². The quantitative estimate of drug-likeness (QED) is 0.530. The predicted molar refractivity (Wildman–Crippen MR) is 137 cm³/mol. The maximum Gasteiger partial charge on any atom is 0.250 e. The molecule has 1 aliphatic carbocycles. The molecule has 0 saturated heterocycles. The third-order valence-corrected chi connectivity index (χ3v) is 6.42. The fraction of sp³-hybridized carbons (Fsp3) is 0.400. The molecule has 1 atom stereocenters. The molecule has 0 bridgehead atoms. The van der Waals surface area contributed by atoms with E-state index in [1.165, 1.54) is 12.1 Å². The van der Waals surface area contributed by atoms with E-state index in [2.05, 4.69) is 20.6 Å². The number of carbonyl (C=O) groups excluding carboxylic acids is 1. The average molecular weight is 503 g/mol. The Kier molecular flexibility index (Phi) is 8.22. The Morgan fingerprint density at radius 2 is 1.91 bits per heavy atom. The van der Waals surface area contributed by atoms with Gasteiger partial charge in [0, 0.05) is 44.0 Å². The lowest BCUT2D eigenvalue weighted by molar-refractivity contribution is -0.118. The highest BCUT2D eigenvalue weighted by Crippen LogP contribution is 2.40. The highest BCUT2D eigenvalue weighted by molar-refractivity contribution is 5.94. The van der Waals surface area contributed by atoms with Crippen molar-refractivity contribution >= 4 is 30.1 Å². The van der Waals surface area contributed by atoms with E-state index in [9.17, 15) is 9.18 Å². The van der Waals surface area contributed by atoms with Gasteiger partial charge in [0.15, 0.2) is 0 Å². The average Bonchev–Trinajstić information content (AvgIpc) is 2.82. The van der Waals surface area contributed by atoms with Crippen LogP contribution in [0.25, 0.3) is 0 Å². The standard InChI is InChI=1S/C25H31FN6O2.ClH/c1-16-15-28-24(31-23(16)32(2)3)30-19-10-6-17(7-11-19)25(21(22(27)33)5-4-14-29-25)34-20-12-8-18(26)9-13-20;/h4-5,8-9,12-15,17,19,29H,6-7,10-11H2,1-3H3,(H2,27,33)(H,28,30,31);1H. The highest BCUT2D eigenvalue weighted by Gasteiger charge is 2.48. The number of benzene rings is 1. The maximum atomic E-state index is 13.4. The Labute approximate surface area is 211 Å². The number of allylic oxidation sites excluding steroid dienone is 2. The number of nitrogens with one attached hydrogen (secondary N) is 2. The number of anilines is 2. The number of aromatic nitrogens is 2. The van der Waals surface area contributed by atoms with Crippen LogP contribution >= 0.6 is 12.4 Å². The second kappa shape index (κ2) is 10.9. The fourth-order valence-corrected chi connectivity index (χ4v) is 4.76. The first-order valence-electron chi connectivity index (χ1n) is 11.5. The first-order valence-corrected chi connectivity index (χ1v) is 11.5. The normalized spacial score (nSPS) is 23.4. The smallest absolute Gasteiger partial charge is 0.250 e. The summed E-state index contributed by atoms with van der Waals surface area (Å²) < 4.78 is 19.8. The van der Waals surface area contributed by atoms with E-state index in [0.29, 0.717) is 17.3 Å². The van der Waals surface area contributed by atoms with Gasteiger partial charge in [-0.25, -0.2) is 9.37 Å². The molecule has 1 aromatic carbocycles. The second-order valence-corrected chi connectivity index (χ2v) is 9.03. The van der Waals surface area contributed by atoms with Crippen LogP contribution in [0.15, 0.2) is 54.4 Å². The van der Waals surface area contributed by atoms with Crippen molar-refractivity contribution in [2.24, 2.45) is 11.7 Å². The first-order chi connectivity index (χ1) is 16.3. The summed E-state index contributed by atoms with van der Waals surface area (Å²) in [6.45, 7) is 1.99. The summed E-state index contributed by atoms with van der Waals surface area (Å²) >= 11 is 0. The Bertz CT molecular complexity index is 1100. The molecule has 35 heavy (non-hydrogen) atoms. The number of rotatable bonds is 7. The van der Waals surface area contributed by atoms with Crippen LogP contribution in [0.2, 0.25) is 0 Å². The van der Waals surface area contributed by atoms with Crippen molar-refractivity contribution in [3.8, 4) is 5.75 Å². The van der Waals surface area contributed by atoms with Crippen LogP contribution < -0.4 is 26.0 Å². The number of nitrogens with zero attached hydrogens (tertiary/aromatic N) is 3. The van der Waals surface area contributed by atoms with Gasteiger partial charge in [-0.1, -0.05) is 0 Å². The third kappa shape index (κ3) is 5.67. The number of amides is 1. The number of hydrogen-bond acceptors (Lipinski definition) is 7. The lowest BCUT2D eigenvalue weighted by Crippen LogP contribution is -2.59. The van der Waals surface area contributed by atoms with Crippen molar-refractivity contribution in [1.29, 1.82) is 0 Å². The Morgan fingerprint density at radius 3 is 2.54 bits per heavy atom. The lowest BCUT2D eigenvalue weighted by Gasteiger charge is -2.45. The minimum atomic E-state index is -1.12. The van der Waals surface area contributed by atoms with Gasteiger partial charge >= 0.3 is 0 Å². The van der Waals surface area contributed by atoms with Crippen LogP contribution in [0.3, 0.4) is 0 Å². The van der Waals surface area contributed by atoms with Crippen LogP contribution in [0.4, 0.5) is 16.2 Å². The maximum absolute atomic E-state index is 13.4. The molecule has 0 radical (unpaired) electrons. The summed E-state index contributed by atoms with van der Waals surface area (Å²) in [7, 11) is 3.92. The molecule has 2 aliphatic rings. The van der Waals surface area contributed by atoms with Crippen molar-refractivity contribution in [2.75, 3.05) is 24.3 Å². The van der Waals surface area contributed by atoms with Crippen molar-refractivity contribution in [1.82, 2.24) is 15.3 Å². The number of aryl methyl sites for hydroxylation is 1. The zero-order valence-electron chi connectivity index (χ0n) is 20.1. The molecule has 1 saturated carbocycles. The van der Waals surface area contributed by atoms with Gasteiger partial charge in [0.1, 0.15) is 17.4 Å². The monoisotopic (exact) mass is 502 g/mol. The molecular weight excluding hydrogens is 471 g/mol. The minimum absolute atomic E-state index is 0. The van der Waals surface area contributed by atoms with Crippen molar-refractivity contribution < 1.29 is 13.9 Å². The van der Waals surface area contributed by atoms with Gasteiger partial charge in [-0.2, -0.15) is 4.98 Å². The van der Waals surface area contributed by atoms with Crippen LogP contribution in [0.5, 0.6) is 5.75 Å². The van der Waals surface area contributed by atoms with Gasteiger partial charge in [-0.05, 0) is 69.0 Å². The molecule has 1 aromatic heterocycles.